The number of ketones is 1. The molecule has 0 unspecified atom stereocenters. The Kier molecular flexibility index (Phi) is 2.92. The third-order valence-electron chi connectivity index (χ3n) is 2.37. The molecule has 0 spiro atoms. The van der Waals surface area contributed by atoms with E-state index in [4.69, 9.17) is 0 Å². The van der Waals surface area contributed by atoms with Crippen molar-refractivity contribution in [2.24, 2.45) is 0 Å². The predicted octanol–water partition coefficient (Wildman–Crippen LogP) is 2.33. The van der Waals surface area contributed by atoms with Crippen LogP contribution in [0.4, 0.5) is 0 Å². The van der Waals surface area contributed by atoms with Crippen LogP contribution < -0.4 is 0 Å². The van der Waals surface area contributed by atoms with Crippen LogP contribution in [0, 0.1) is 0 Å². The molecule has 0 saturated heterocycles. The summed E-state index contributed by atoms with van der Waals surface area (Å²) in [7, 11) is 0. The third-order valence-corrected chi connectivity index (χ3v) is 2.37. The number of aldehydes is 1. The Labute approximate surface area is 93.6 Å². The number of carbonyl (C=O) groups is 2. The molecule has 1 aromatic rings. The van der Waals surface area contributed by atoms with Crippen molar-refractivity contribution in [2.75, 3.05) is 0 Å². The Balaban J connectivity index is 2.48. The van der Waals surface area contributed by atoms with Crippen molar-refractivity contribution in [3.05, 3.63) is 65.8 Å². The van der Waals surface area contributed by atoms with Gasteiger partial charge in [-0.05, 0) is 23.3 Å². The van der Waals surface area contributed by atoms with Gasteiger partial charge in [-0.3, -0.25) is 9.59 Å². The van der Waals surface area contributed by atoms with Crippen LogP contribution in [0.1, 0.15) is 5.56 Å². The highest BCUT2D eigenvalue weighted by Gasteiger charge is 2.07. The summed E-state index contributed by atoms with van der Waals surface area (Å²) in [4.78, 5) is 22.0. The standard InChI is InChI=1S/C14H10O2/c15-10-14(11-4-2-1-3-5-11)12-6-8-13(16)9-7-12/h1-10H. The van der Waals surface area contributed by atoms with Crippen molar-refractivity contribution in [1.82, 2.24) is 0 Å². The lowest BCUT2D eigenvalue weighted by Crippen LogP contribution is -1.96. The summed E-state index contributed by atoms with van der Waals surface area (Å²) in [6.07, 6.45) is 7.07. The van der Waals surface area contributed by atoms with Crippen molar-refractivity contribution < 1.29 is 9.59 Å². The highest BCUT2D eigenvalue weighted by atomic mass is 16.1. The van der Waals surface area contributed by atoms with Gasteiger partial charge >= 0.3 is 0 Å². The zero-order valence-corrected chi connectivity index (χ0v) is 8.59. The SMILES string of the molecule is O=CC(=C1C=CC(=O)C=C1)c1ccccc1. The predicted molar refractivity (Wildman–Crippen MR) is 62.7 cm³/mol. The fourth-order valence-electron chi connectivity index (χ4n) is 1.55. The average molecular weight is 210 g/mol. The molecule has 0 bridgehead atoms. The van der Waals surface area contributed by atoms with Crippen LogP contribution in [0.25, 0.3) is 5.57 Å². The van der Waals surface area contributed by atoms with Crippen molar-refractivity contribution in [1.29, 1.82) is 0 Å². The highest BCUT2D eigenvalue weighted by molar-refractivity contribution is 6.11. The topological polar surface area (TPSA) is 34.1 Å². The Morgan fingerprint density at radius 1 is 0.938 bits per heavy atom. The first-order chi connectivity index (χ1) is 7.81. The van der Waals surface area contributed by atoms with E-state index in [-0.39, 0.29) is 5.78 Å². The molecule has 0 aromatic heterocycles. The summed E-state index contributed by atoms with van der Waals surface area (Å²) in [5, 5.41) is 0. The number of benzene rings is 1. The van der Waals surface area contributed by atoms with Crippen LogP contribution in [0.15, 0.2) is 60.2 Å². The van der Waals surface area contributed by atoms with Crippen LogP contribution in [0.3, 0.4) is 0 Å². The molecule has 1 aromatic carbocycles. The number of rotatable bonds is 2. The monoisotopic (exact) mass is 210 g/mol. The maximum Gasteiger partial charge on any atom is 0.178 e. The number of hydrogen-bond donors (Lipinski definition) is 0. The van der Waals surface area contributed by atoms with E-state index >= 15 is 0 Å². The van der Waals surface area contributed by atoms with Gasteiger partial charge in [-0.15, -0.1) is 0 Å². The van der Waals surface area contributed by atoms with E-state index in [2.05, 4.69) is 0 Å². The molecule has 78 valence electrons. The van der Waals surface area contributed by atoms with E-state index in [9.17, 15) is 9.59 Å². The third kappa shape index (κ3) is 2.06. The Morgan fingerprint density at radius 3 is 2.12 bits per heavy atom. The minimum Gasteiger partial charge on any atom is -0.298 e. The van der Waals surface area contributed by atoms with E-state index in [0.29, 0.717) is 5.57 Å². The van der Waals surface area contributed by atoms with Gasteiger partial charge in [-0.1, -0.05) is 42.5 Å². The fraction of sp³-hybridized carbons (Fsp3) is 0. The molecule has 0 heterocycles. The van der Waals surface area contributed by atoms with Gasteiger partial charge in [-0.2, -0.15) is 0 Å². The van der Waals surface area contributed by atoms with Crippen molar-refractivity contribution in [3.8, 4) is 0 Å². The minimum atomic E-state index is -0.0536. The van der Waals surface area contributed by atoms with Crippen LogP contribution in [0.5, 0.6) is 0 Å². The van der Waals surface area contributed by atoms with Gasteiger partial charge in [0.15, 0.2) is 12.1 Å². The molecule has 0 saturated carbocycles. The van der Waals surface area contributed by atoms with E-state index < -0.39 is 0 Å². The first kappa shape index (κ1) is 10.3. The molecular weight excluding hydrogens is 200 g/mol. The zero-order valence-electron chi connectivity index (χ0n) is 8.59. The summed E-state index contributed by atoms with van der Waals surface area (Å²) in [6.45, 7) is 0. The van der Waals surface area contributed by atoms with Gasteiger partial charge in [0.2, 0.25) is 0 Å². The van der Waals surface area contributed by atoms with E-state index in [1.54, 1.807) is 12.2 Å². The summed E-state index contributed by atoms with van der Waals surface area (Å²) in [5.41, 5.74) is 2.22. The molecule has 2 rings (SSSR count). The van der Waals surface area contributed by atoms with E-state index in [1.165, 1.54) is 12.2 Å². The molecule has 0 atom stereocenters. The van der Waals surface area contributed by atoms with Gasteiger partial charge in [0.25, 0.3) is 0 Å². The van der Waals surface area contributed by atoms with Crippen LogP contribution >= 0.6 is 0 Å². The first-order valence-corrected chi connectivity index (χ1v) is 4.96. The van der Waals surface area contributed by atoms with Crippen molar-refractivity contribution in [2.45, 2.75) is 0 Å². The molecule has 1 aliphatic carbocycles. The summed E-state index contributed by atoms with van der Waals surface area (Å²) >= 11 is 0. The van der Waals surface area contributed by atoms with Gasteiger partial charge in [0, 0.05) is 5.57 Å². The molecule has 0 radical (unpaired) electrons. The van der Waals surface area contributed by atoms with Crippen LogP contribution in [-0.2, 0) is 9.59 Å². The second kappa shape index (κ2) is 4.53. The van der Waals surface area contributed by atoms with Crippen LogP contribution in [-0.4, -0.2) is 12.1 Å². The minimum absolute atomic E-state index is 0.0536. The number of hydrogen-bond acceptors (Lipinski definition) is 2. The molecule has 2 nitrogen and oxygen atoms in total. The second-order valence-corrected chi connectivity index (χ2v) is 3.42. The highest BCUT2D eigenvalue weighted by Crippen LogP contribution is 2.20. The molecule has 0 fully saturated rings. The maximum atomic E-state index is 11.1. The quantitative estimate of drug-likeness (QED) is 0.554. The van der Waals surface area contributed by atoms with Gasteiger partial charge in [0.05, 0.1) is 0 Å². The van der Waals surface area contributed by atoms with Gasteiger partial charge in [-0.25, -0.2) is 0 Å². The molecule has 16 heavy (non-hydrogen) atoms. The first-order valence-electron chi connectivity index (χ1n) is 4.96. The lowest BCUT2D eigenvalue weighted by molar-refractivity contribution is -0.110. The lowest BCUT2D eigenvalue weighted by atomic mass is 9.98. The lowest BCUT2D eigenvalue weighted by Gasteiger charge is -2.05. The second-order valence-electron chi connectivity index (χ2n) is 3.42. The molecule has 0 aliphatic heterocycles. The Hall–Kier alpha value is -2.22. The van der Waals surface area contributed by atoms with Crippen LogP contribution in [0.2, 0.25) is 0 Å². The zero-order chi connectivity index (χ0) is 11.4. The molecule has 2 heteroatoms. The number of allylic oxidation sites excluding steroid dienone is 6. The normalized spacial score (nSPS) is 14.0. The molecular formula is C14H10O2. The van der Waals surface area contributed by atoms with Crippen molar-refractivity contribution >= 4 is 17.6 Å². The van der Waals surface area contributed by atoms with Crippen molar-refractivity contribution in [3.63, 3.8) is 0 Å². The van der Waals surface area contributed by atoms with E-state index in [1.807, 2.05) is 30.3 Å². The summed E-state index contributed by atoms with van der Waals surface area (Å²) < 4.78 is 0. The Morgan fingerprint density at radius 2 is 1.56 bits per heavy atom. The Bertz CT molecular complexity index is 487. The van der Waals surface area contributed by atoms with Gasteiger partial charge in [0.1, 0.15) is 0 Å². The van der Waals surface area contributed by atoms with E-state index in [0.717, 1.165) is 17.4 Å². The van der Waals surface area contributed by atoms with Gasteiger partial charge < -0.3 is 0 Å². The fourth-order valence-corrected chi connectivity index (χ4v) is 1.55. The molecule has 0 N–H and O–H groups in total. The summed E-state index contributed by atoms with van der Waals surface area (Å²) in [6, 6.07) is 9.39. The molecule has 1 aliphatic rings. The average Bonchev–Trinajstić information content (AvgIpc) is 2.34. The largest absolute Gasteiger partial charge is 0.298 e. The smallest absolute Gasteiger partial charge is 0.178 e. The summed E-state index contributed by atoms with van der Waals surface area (Å²) in [5.74, 6) is -0.0536. The maximum absolute atomic E-state index is 11.1. The number of carbonyl (C=O) groups excluding carboxylic acids is 2. The molecule has 0 amide bonds.